The number of benzene rings is 1. The van der Waals surface area contributed by atoms with Crippen LogP contribution >= 0.6 is 0 Å². The molecule has 0 N–H and O–H groups in total. The predicted molar refractivity (Wildman–Crippen MR) is 108 cm³/mol. The number of piperidine rings is 1. The number of hydrogen-bond acceptors (Lipinski definition) is 6. The van der Waals surface area contributed by atoms with E-state index < -0.39 is 10.0 Å². The molecule has 0 spiro atoms. The molecule has 2 aliphatic rings. The fraction of sp³-hybridized carbons (Fsp3) is 0.600. The molecule has 2 heterocycles. The van der Waals surface area contributed by atoms with Crippen molar-refractivity contribution < 1.29 is 22.7 Å². The zero-order chi connectivity index (χ0) is 20.9. The van der Waals surface area contributed by atoms with E-state index in [2.05, 4.69) is 4.90 Å². The van der Waals surface area contributed by atoms with Crippen molar-refractivity contribution in [3.8, 4) is 0 Å². The standard InChI is InChI=1S/C20H29N3O5S/c1-2-28-20(25)17-8-10-21(11-9-17)16-19(24)22-12-14-23(15-13-22)29(26,27)18-6-4-3-5-7-18/h3-7,17H,2,8-16H2,1H3. The zero-order valence-corrected chi connectivity index (χ0v) is 17.6. The number of amides is 1. The van der Waals surface area contributed by atoms with Crippen molar-refractivity contribution in [1.29, 1.82) is 0 Å². The molecule has 3 rings (SSSR count). The fourth-order valence-corrected chi connectivity index (χ4v) is 5.24. The maximum absolute atomic E-state index is 12.7. The largest absolute Gasteiger partial charge is 0.466 e. The van der Waals surface area contributed by atoms with E-state index in [0.717, 1.165) is 0 Å². The van der Waals surface area contributed by atoms with Gasteiger partial charge in [0.05, 0.1) is 24.0 Å². The summed E-state index contributed by atoms with van der Waals surface area (Å²) in [5, 5.41) is 0. The quantitative estimate of drug-likeness (QED) is 0.629. The minimum absolute atomic E-state index is 0.0105. The third-order valence-corrected chi connectivity index (χ3v) is 7.45. The van der Waals surface area contributed by atoms with E-state index in [1.54, 1.807) is 42.2 Å². The lowest BCUT2D eigenvalue weighted by molar-refractivity contribution is -0.149. The maximum Gasteiger partial charge on any atom is 0.309 e. The summed E-state index contributed by atoms with van der Waals surface area (Å²) in [6.07, 6.45) is 1.41. The van der Waals surface area contributed by atoms with E-state index in [1.165, 1.54) is 4.31 Å². The van der Waals surface area contributed by atoms with Crippen molar-refractivity contribution in [2.75, 3.05) is 52.4 Å². The van der Waals surface area contributed by atoms with Crippen LogP contribution in [0, 0.1) is 5.92 Å². The topological polar surface area (TPSA) is 87.2 Å². The Hall–Kier alpha value is -1.97. The number of hydrogen-bond donors (Lipinski definition) is 0. The highest BCUT2D eigenvalue weighted by atomic mass is 32.2. The fourth-order valence-electron chi connectivity index (χ4n) is 3.80. The van der Waals surface area contributed by atoms with Gasteiger partial charge in [-0.25, -0.2) is 8.42 Å². The van der Waals surface area contributed by atoms with Crippen molar-refractivity contribution >= 4 is 21.9 Å². The molecule has 9 heteroatoms. The van der Waals surface area contributed by atoms with E-state index in [-0.39, 0.29) is 22.7 Å². The van der Waals surface area contributed by atoms with Gasteiger partial charge in [0, 0.05) is 26.2 Å². The van der Waals surface area contributed by atoms with Gasteiger partial charge in [0.2, 0.25) is 15.9 Å². The summed E-state index contributed by atoms with van der Waals surface area (Å²) in [4.78, 5) is 28.5. The van der Waals surface area contributed by atoms with Crippen LogP contribution in [0.3, 0.4) is 0 Å². The van der Waals surface area contributed by atoms with Gasteiger partial charge in [0.25, 0.3) is 0 Å². The Morgan fingerprint density at radius 1 is 1.00 bits per heavy atom. The first-order chi connectivity index (χ1) is 13.9. The Morgan fingerprint density at radius 3 is 2.21 bits per heavy atom. The number of ether oxygens (including phenoxy) is 1. The molecule has 2 aliphatic heterocycles. The van der Waals surface area contributed by atoms with Crippen molar-refractivity contribution in [3.63, 3.8) is 0 Å². The highest BCUT2D eigenvalue weighted by Crippen LogP contribution is 2.20. The Bertz CT molecular complexity index is 799. The number of sulfonamides is 1. The predicted octanol–water partition coefficient (Wildman–Crippen LogP) is 0.795. The number of esters is 1. The molecular formula is C20H29N3O5S. The van der Waals surface area contributed by atoms with Crippen LogP contribution < -0.4 is 0 Å². The summed E-state index contributed by atoms with van der Waals surface area (Å²) in [6, 6.07) is 8.38. The van der Waals surface area contributed by atoms with Gasteiger partial charge in [-0.2, -0.15) is 4.31 Å². The SMILES string of the molecule is CCOC(=O)C1CCN(CC(=O)N2CCN(S(=O)(=O)c3ccccc3)CC2)CC1. The number of likely N-dealkylation sites (tertiary alicyclic amines) is 1. The Labute approximate surface area is 172 Å². The van der Waals surface area contributed by atoms with Gasteiger partial charge in [0.15, 0.2) is 0 Å². The summed E-state index contributed by atoms with van der Waals surface area (Å²) in [5.41, 5.74) is 0. The van der Waals surface area contributed by atoms with Gasteiger partial charge >= 0.3 is 5.97 Å². The average Bonchev–Trinajstić information content (AvgIpc) is 2.75. The second kappa shape index (κ2) is 9.69. The molecule has 0 atom stereocenters. The monoisotopic (exact) mass is 423 g/mol. The molecule has 0 saturated carbocycles. The molecule has 1 aromatic rings. The summed E-state index contributed by atoms with van der Waals surface area (Å²) in [6.45, 7) is 5.27. The highest BCUT2D eigenvalue weighted by molar-refractivity contribution is 7.89. The van der Waals surface area contributed by atoms with E-state index in [1.807, 2.05) is 0 Å². The minimum atomic E-state index is -3.52. The molecular weight excluding hydrogens is 394 g/mol. The van der Waals surface area contributed by atoms with Gasteiger partial charge < -0.3 is 9.64 Å². The maximum atomic E-state index is 12.7. The molecule has 1 amide bonds. The van der Waals surface area contributed by atoms with Crippen LogP contribution in [-0.4, -0.2) is 86.8 Å². The first kappa shape index (κ1) is 21.7. The van der Waals surface area contributed by atoms with E-state index in [9.17, 15) is 18.0 Å². The molecule has 0 aromatic heterocycles. The number of carbonyl (C=O) groups excluding carboxylic acids is 2. The average molecular weight is 424 g/mol. The second-order valence-electron chi connectivity index (χ2n) is 7.40. The minimum Gasteiger partial charge on any atom is -0.466 e. The second-order valence-corrected chi connectivity index (χ2v) is 9.34. The summed E-state index contributed by atoms with van der Waals surface area (Å²) < 4.78 is 31.9. The van der Waals surface area contributed by atoms with Crippen molar-refractivity contribution in [2.24, 2.45) is 5.92 Å². The lowest BCUT2D eigenvalue weighted by Crippen LogP contribution is -2.53. The van der Waals surface area contributed by atoms with Crippen LogP contribution in [0.1, 0.15) is 19.8 Å². The third kappa shape index (κ3) is 5.34. The molecule has 2 fully saturated rings. The number of nitrogens with zero attached hydrogens (tertiary/aromatic N) is 3. The summed E-state index contributed by atoms with van der Waals surface area (Å²) in [5.74, 6) is -0.210. The molecule has 1 aromatic carbocycles. The summed E-state index contributed by atoms with van der Waals surface area (Å²) in [7, 11) is -3.52. The first-order valence-electron chi connectivity index (χ1n) is 10.1. The molecule has 2 saturated heterocycles. The van der Waals surface area contributed by atoms with Gasteiger partial charge in [-0.05, 0) is 45.0 Å². The molecule has 29 heavy (non-hydrogen) atoms. The van der Waals surface area contributed by atoms with E-state index in [0.29, 0.717) is 65.3 Å². The van der Waals surface area contributed by atoms with Crippen molar-refractivity contribution in [2.45, 2.75) is 24.7 Å². The van der Waals surface area contributed by atoms with Crippen LogP contribution in [0.5, 0.6) is 0 Å². The zero-order valence-electron chi connectivity index (χ0n) is 16.8. The molecule has 0 radical (unpaired) electrons. The van der Waals surface area contributed by atoms with Gasteiger partial charge in [-0.1, -0.05) is 18.2 Å². The first-order valence-corrected chi connectivity index (χ1v) is 11.6. The molecule has 0 bridgehead atoms. The molecule has 160 valence electrons. The third-order valence-electron chi connectivity index (χ3n) is 5.54. The molecule has 8 nitrogen and oxygen atoms in total. The lowest BCUT2D eigenvalue weighted by atomic mass is 9.97. The van der Waals surface area contributed by atoms with Gasteiger partial charge in [0.1, 0.15) is 0 Å². The highest BCUT2D eigenvalue weighted by Gasteiger charge is 2.31. The van der Waals surface area contributed by atoms with Gasteiger partial charge in [-0.3, -0.25) is 14.5 Å². The van der Waals surface area contributed by atoms with Crippen molar-refractivity contribution in [1.82, 2.24) is 14.1 Å². The number of piperazine rings is 1. The van der Waals surface area contributed by atoms with E-state index >= 15 is 0 Å². The molecule has 0 unspecified atom stereocenters. The van der Waals surface area contributed by atoms with Crippen LogP contribution in [0.2, 0.25) is 0 Å². The van der Waals surface area contributed by atoms with Crippen LogP contribution in [-0.2, 0) is 24.3 Å². The smallest absolute Gasteiger partial charge is 0.309 e. The normalized spacial score (nSPS) is 19.8. The van der Waals surface area contributed by atoms with Crippen LogP contribution in [0.15, 0.2) is 35.2 Å². The van der Waals surface area contributed by atoms with Crippen LogP contribution in [0.4, 0.5) is 0 Å². The number of rotatable bonds is 6. The Morgan fingerprint density at radius 2 is 1.62 bits per heavy atom. The van der Waals surface area contributed by atoms with Gasteiger partial charge in [-0.15, -0.1) is 0 Å². The van der Waals surface area contributed by atoms with E-state index in [4.69, 9.17) is 4.74 Å². The number of carbonyl (C=O) groups is 2. The van der Waals surface area contributed by atoms with Crippen molar-refractivity contribution in [3.05, 3.63) is 30.3 Å². The summed E-state index contributed by atoms with van der Waals surface area (Å²) >= 11 is 0. The lowest BCUT2D eigenvalue weighted by Gasteiger charge is -2.36. The Kier molecular flexibility index (Phi) is 7.26. The van der Waals surface area contributed by atoms with Crippen LogP contribution in [0.25, 0.3) is 0 Å². The molecule has 0 aliphatic carbocycles. The Balaban J connectivity index is 1.46.